The number of hydrogen-bond donors (Lipinski definition) is 1. The Bertz CT molecular complexity index is 677. The molecule has 0 saturated carbocycles. The number of hydrogen-bond acceptors (Lipinski definition) is 2. The van der Waals surface area contributed by atoms with Gasteiger partial charge in [0.25, 0.3) is 0 Å². The van der Waals surface area contributed by atoms with Gasteiger partial charge in [0.15, 0.2) is 0 Å². The lowest BCUT2D eigenvalue weighted by Gasteiger charge is -2.29. The topological polar surface area (TPSA) is 41.0 Å². The van der Waals surface area contributed by atoms with Gasteiger partial charge < -0.3 is 4.99 Å². The summed E-state index contributed by atoms with van der Waals surface area (Å²) < 4.78 is 0. The van der Waals surface area contributed by atoms with Gasteiger partial charge in [-0.2, -0.15) is 5.10 Å². The van der Waals surface area contributed by atoms with Crippen LogP contribution in [-0.4, -0.2) is 23.5 Å². The number of aromatic amines is 1. The minimum atomic E-state index is 0.498. The molecule has 2 aliphatic rings. The average Bonchev–Trinajstić information content (AvgIpc) is 3.12. The van der Waals surface area contributed by atoms with Gasteiger partial charge in [-0.05, 0) is 55.4 Å². The Kier molecular flexibility index (Phi) is 5.29. The molecule has 4 heteroatoms. The van der Waals surface area contributed by atoms with Gasteiger partial charge in [-0.25, -0.2) is 0 Å². The molecule has 2 atom stereocenters. The summed E-state index contributed by atoms with van der Waals surface area (Å²) in [4.78, 5) is 4.19. The summed E-state index contributed by atoms with van der Waals surface area (Å²) in [5, 5.41) is 7.86. The minimum Gasteiger partial charge on any atom is -0.301 e. The fourth-order valence-electron chi connectivity index (χ4n) is 3.32. The molecule has 23 heavy (non-hydrogen) atoms. The number of nitrogens with one attached hydrogen (secondary N) is 1. The zero-order chi connectivity index (χ0) is 16.1. The van der Waals surface area contributed by atoms with Crippen molar-refractivity contribution >= 4 is 23.4 Å². The molecule has 3 rings (SSSR count). The van der Waals surface area contributed by atoms with Crippen molar-refractivity contribution in [2.45, 2.75) is 25.7 Å². The lowest BCUT2D eigenvalue weighted by Crippen LogP contribution is -2.18. The quantitative estimate of drug-likeness (QED) is 0.766. The van der Waals surface area contributed by atoms with E-state index in [2.05, 4.69) is 45.6 Å². The van der Waals surface area contributed by atoms with Crippen LogP contribution in [0.25, 0.3) is 5.57 Å². The number of rotatable bonds is 5. The number of nitrogens with zero attached hydrogens (tertiary/aromatic N) is 2. The molecule has 0 aliphatic heterocycles. The number of aliphatic imine (C=N–C) groups is 1. The van der Waals surface area contributed by atoms with Gasteiger partial charge >= 0.3 is 0 Å². The third-order valence-corrected chi connectivity index (χ3v) is 4.95. The SMILES string of the molecule is CN=CC[C@H](C1=CC=C(Cl)CC1)C1C=CC(c2cn[nH]c2)=CC1. The lowest BCUT2D eigenvalue weighted by molar-refractivity contribution is 0.456. The van der Waals surface area contributed by atoms with Gasteiger partial charge in [0.05, 0.1) is 6.20 Å². The molecule has 1 unspecified atom stereocenters. The van der Waals surface area contributed by atoms with Crippen LogP contribution in [0.2, 0.25) is 0 Å². The molecule has 0 bridgehead atoms. The van der Waals surface area contributed by atoms with Crippen LogP contribution >= 0.6 is 11.6 Å². The monoisotopic (exact) mass is 327 g/mol. The van der Waals surface area contributed by atoms with Crippen LogP contribution in [0.3, 0.4) is 0 Å². The molecule has 0 spiro atoms. The molecule has 120 valence electrons. The first-order valence-electron chi connectivity index (χ1n) is 8.11. The van der Waals surface area contributed by atoms with Gasteiger partial charge in [-0.1, -0.05) is 41.5 Å². The number of H-pyrrole nitrogens is 1. The number of allylic oxidation sites excluding steroid dienone is 8. The van der Waals surface area contributed by atoms with Crippen LogP contribution in [-0.2, 0) is 0 Å². The van der Waals surface area contributed by atoms with Gasteiger partial charge in [0, 0.05) is 23.8 Å². The molecule has 2 aliphatic carbocycles. The molecule has 1 N–H and O–H groups in total. The average molecular weight is 328 g/mol. The van der Waals surface area contributed by atoms with E-state index in [1.54, 1.807) is 0 Å². The number of aromatic nitrogens is 2. The first-order chi connectivity index (χ1) is 11.3. The Morgan fingerprint density at radius 2 is 2.35 bits per heavy atom. The molecule has 0 fully saturated rings. The molecule has 0 saturated heterocycles. The van der Waals surface area contributed by atoms with Crippen molar-refractivity contribution < 1.29 is 0 Å². The molecule has 1 aromatic rings. The highest BCUT2D eigenvalue weighted by Crippen LogP contribution is 2.37. The molecule has 1 aromatic heterocycles. The summed E-state index contributed by atoms with van der Waals surface area (Å²) in [7, 11) is 1.84. The molecule has 1 heterocycles. The largest absolute Gasteiger partial charge is 0.301 e. The summed E-state index contributed by atoms with van der Waals surface area (Å²) in [5.41, 5.74) is 3.89. The highest BCUT2D eigenvalue weighted by molar-refractivity contribution is 6.29. The normalized spacial score (nSPS) is 22.7. The predicted molar refractivity (Wildman–Crippen MR) is 97.6 cm³/mol. The fraction of sp³-hybridized carbons (Fsp3) is 0.368. The Balaban J connectivity index is 1.76. The smallest absolute Gasteiger partial charge is 0.0565 e. The predicted octanol–water partition coefficient (Wildman–Crippen LogP) is 4.92. The van der Waals surface area contributed by atoms with Gasteiger partial charge in [0.1, 0.15) is 0 Å². The summed E-state index contributed by atoms with van der Waals surface area (Å²) >= 11 is 6.11. The van der Waals surface area contributed by atoms with E-state index in [-0.39, 0.29) is 0 Å². The second kappa shape index (κ2) is 7.60. The highest BCUT2D eigenvalue weighted by atomic mass is 35.5. The van der Waals surface area contributed by atoms with Crippen LogP contribution in [0, 0.1) is 11.8 Å². The van der Waals surface area contributed by atoms with Gasteiger partial charge in [-0.15, -0.1) is 0 Å². The second-order valence-corrected chi connectivity index (χ2v) is 6.53. The molecule has 0 radical (unpaired) electrons. The maximum absolute atomic E-state index is 6.11. The van der Waals surface area contributed by atoms with E-state index in [0.29, 0.717) is 11.8 Å². The van der Waals surface area contributed by atoms with E-state index in [1.807, 2.05) is 25.7 Å². The zero-order valence-corrected chi connectivity index (χ0v) is 14.1. The van der Waals surface area contributed by atoms with E-state index in [1.165, 1.54) is 11.1 Å². The Labute approximate surface area is 142 Å². The first-order valence-corrected chi connectivity index (χ1v) is 8.49. The van der Waals surface area contributed by atoms with Crippen molar-refractivity contribution in [3.63, 3.8) is 0 Å². The summed E-state index contributed by atoms with van der Waals surface area (Å²) in [6.07, 6.45) is 21.0. The number of halogens is 1. The molecule has 0 amide bonds. The summed E-state index contributed by atoms with van der Waals surface area (Å²) in [6, 6.07) is 0. The van der Waals surface area contributed by atoms with E-state index in [4.69, 9.17) is 11.6 Å². The molecule has 3 nitrogen and oxygen atoms in total. The van der Waals surface area contributed by atoms with Crippen molar-refractivity contribution in [3.05, 3.63) is 58.9 Å². The third-order valence-electron chi connectivity index (χ3n) is 4.63. The van der Waals surface area contributed by atoms with Crippen molar-refractivity contribution in [2.24, 2.45) is 16.8 Å². The highest BCUT2D eigenvalue weighted by Gasteiger charge is 2.24. The molecule has 0 aromatic carbocycles. The van der Waals surface area contributed by atoms with E-state index in [0.717, 1.165) is 36.3 Å². The van der Waals surface area contributed by atoms with Crippen LogP contribution in [0.4, 0.5) is 0 Å². The Hall–Kier alpha value is -1.87. The Morgan fingerprint density at radius 1 is 1.43 bits per heavy atom. The maximum atomic E-state index is 6.11. The van der Waals surface area contributed by atoms with Crippen molar-refractivity contribution in [1.29, 1.82) is 0 Å². The van der Waals surface area contributed by atoms with Crippen molar-refractivity contribution in [1.82, 2.24) is 10.2 Å². The van der Waals surface area contributed by atoms with Crippen LogP contribution in [0.1, 0.15) is 31.2 Å². The van der Waals surface area contributed by atoms with E-state index >= 15 is 0 Å². The third kappa shape index (κ3) is 3.91. The van der Waals surface area contributed by atoms with Crippen molar-refractivity contribution in [2.75, 3.05) is 7.05 Å². The van der Waals surface area contributed by atoms with Crippen LogP contribution < -0.4 is 0 Å². The molecular weight excluding hydrogens is 306 g/mol. The zero-order valence-electron chi connectivity index (χ0n) is 13.4. The lowest BCUT2D eigenvalue weighted by atomic mass is 9.76. The first kappa shape index (κ1) is 16.0. The summed E-state index contributed by atoms with van der Waals surface area (Å²) in [5.74, 6) is 1.01. The van der Waals surface area contributed by atoms with E-state index < -0.39 is 0 Å². The Morgan fingerprint density at radius 3 is 2.96 bits per heavy atom. The van der Waals surface area contributed by atoms with Crippen molar-refractivity contribution in [3.8, 4) is 0 Å². The standard InChI is InChI=1S/C19H22ClN3/c1-21-11-10-19(16-6-8-18(20)9-7-16)15-4-2-14(3-5-15)17-12-22-23-13-17/h2-4,6,8,11-13,15,19H,5,7,9-10H2,1H3,(H,22,23)/t15?,19-/m0/s1. The fourth-order valence-corrected chi connectivity index (χ4v) is 3.47. The second-order valence-electron chi connectivity index (χ2n) is 6.04. The van der Waals surface area contributed by atoms with Gasteiger partial charge in [-0.3, -0.25) is 5.10 Å². The van der Waals surface area contributed by atoms with Gasteiger partial charge in [0.2, 0.25) is 0 Å². The minimum absolute atomic E-state index is 0.498. The maximum Gasteiger partial charge on any atom is 0.0565 e. The van der Waals surface area contributed by atoms with E-state index in [9.17, 15) is 0 Å². The molecular formula is C19H22ClN3. The van der Waals surface area contributed by atoms with Crippen LogP contribution in [0.5, 0.6) is 0 Å². The summed E-state index contributed by atoms with van der Waals surface area (Å²) in [6.45, 7) is 0. The van der Waals surface area contributed by atoms with Crippen LogP contribution in [0.15, 0.2) is 58.4 Å².